The van der Waals surface area contributed by atoms with Crippen molar-refractivity contribution in [1.29, 1.82) is 0 Å². The molecule has 7 heteroatoms. The Morgan fingerprint density at radius 3 is 2.18 bits per heavy atom. The number of anilines is 2. The number of hydrazone groups is 1. The topological polar surface area (TPSA) is 35.9 Å². The van der Waals surface area contributed by atoms with Crippen molar-refractivity contribution in [2.24, 2.45) is 5.10 Å². The minimum Gasteiger partial charge on any atom is -0.369 e. The average molecular weight is 437 g/mol. The molecule has 146 valence electrons. The first kappa shape index (κ1) is 20.7. The van der Waals surface area contributed by atoms with E-state index in [1.165, 1.54) is 5.01 Å². The van der Waals surface area contributed by atoms with Gasteiger partial charge in [-0.3, -0.25) is 4.79 Å². The van der Waals surface area contributed by atoms with Crippen LogP contribution in [-0.2, 0) is 4.79 Å². The van der Waals surface area contributed by atoms with Crippen LogP contribution >= 0.6 is 34.8 Å². The Balaban J connectivity index is 1.80. The molecule has 0 atom stereocenters. The summed E-state index contributed by atoms with van der Waals surface area (Å²) in [5.41, 5.74) is 3.91. The highest BCUT2D eigenvalue weighted by molar-refractivity contribution is 6.32. The van der Waals surface area contributed by atoms with Gasteiger partial charge in [0, 0.05) is 35.6 Å². The highest BCUT2D eigenvalue weighted by atomic mass is 35.5. The van der Waals surface area contributed by atoms with Crippen molar-refractivity contribution in [3.8, 4) is 0 Å². The molecular weight excluding hydrogens is 417 g/mol. The second-order valence-corrected chi connectivity index (χ2v) is 7.49. The van der Waals surface area contributed by atoms with Crippen LogP contribution in [-0.4, -0.2) is 36.5 Å². The summed E-state index contributed by atoms with van der Waals surface area (Å²) in [4.78, 5) is 15.0. The van der Waals surface area contributed by atoms with Crippen LogP contribution in [0.1, 0.15) is 12.5 Å². The number of amides is 1. The number of carbonyl (C=O) groups excluding carboxylic acids is 1. The Kier molecular flexibility index (Phi) is 7.00. The zero-order valence-corrected chi connectivity index (χ0v) is 17.7. The first-order chi connectivity index (χ1) is 13.5. The molecule has 0 bridgehead atoms. The van der Waals surface area contributed by atoms with E-state index in [1.54, 1.807) is 24.3 Å². The third-order valence-corrected chi connectivity index (χ3v) is 5.00. The maximum atomic E-state index is 12.8. The van der Waals surface area contributed by atoms with Crippen LogP contribution < -0.4 is 9.91 Å². The van der Waals surface area contributed by atoms with Crippen LogP contribution in [0.5, 0.6) is 0 Å². The van der Waals surface area contributed by atoms with E-state index in [0.717, 1.165) is 24.3 Å². The Bertz CT molecular complexity index is 886. The molecule has 1 amide bonds. The predicted octanol–water partition coefficient (Wildman–Crippen LogP) is 5.43. The van der Waals surface area contributed by atoms with E-state index in [2.05, 4.69) is 10.0 Å². The first-order valence-electron chi connectivity index (χ1n) is 8.87. The van der Waals surface area contributed by atoms with Gasteiger partial charge in [0.15, 0.2) is 0 Å². The molecule has 0 aromatic heterocycles. The van der Waals surface area contributed by atoms with Gasteiger partial charge < -0.3 is 4.90 Å². The van der Waals surface area contributed by atoms with Crippen molar-refractivity contribution < 1.29 is 4.79 Å². The predicted molar refractivity (Wildman–Crippen MR) is 120 cm³/mol. The lowest BCUT2D eigenvalue weighted by Gasteiger charge is -2.22. The van der Waals surface area contributed by atoms with E-state index in [0.29, 0.717) is 33.8 Å². The molecule has 0 spiro atoms. The van der Waals surface area contributed by atoms with Crippen LogP contribution in [0.4, 0.5) is 11.4 Å². The van der Waals surface area contributed by atoms with Crippen molar-refractivity contribution in [3.05, 3.63) is 64.7 Å². The van der Waals surface area contributed by atoms with Crippen LogP contribution in [0.15, 0.2) is 59.2 Å². The first-order valence-corrected chi connectivity index (χ1v) is 10.3. The fraction of sp³-hybridized carbons (Fsp3) is 0.238. The largest absolute Gasteiger partial charge is 0.369 e. The molecule has 0 fully saturated rings. The second-order valence-electron chi connectivity index (χ2n) is 6.29. The number of hydrogen-bond donors (Lipinski definition) is 0. The lowest BCUT2D eigenvalue weighted by Crippen LogP contribution is -2.27. The average Bonchev–Trinajstić information content (AvgIpc) is 2.97. The standard InChI is InChI=1S/C21H20Cl3N3O/c1-15-20(21(28)27(25-15)19-8-4-17(24)5-9-19)14-16-2-6-18(7-3-16)26(12-10-22)13-11-23/h2-9,14H,10-13H2,1H3. The van der Waals surface area contributed by atoms with Crippen molar-refractivity contribution >= 4 is 63.9 Å². The minimum absolute atomic E-state index is 0.158. The molecule has 0 radical (unpaired) electrons. The Morgan fingerprint density at radius 1 is 1.00 bits per heavy atom. The van der Waals surface area contributed by atoms with Gasteiger partial charge in [-0.2, -0.15) is 10.1 Å². The van der Waals surface area contributed by atoms with Crippen LogP contribution in [0.2, 0.25) is 5.02 Å². The molecule has 1 heterocycles. The smallest absolute Gasteiger partial charge is 0.280 e. The molecule has 0 unspecified atom stereocenters. The molecule has 0 saturated carbocycles. The fourth-order valence-corrected chi connectivity index (χ4v) is 3.50. The van der Waals surface area contributed by atoms with Gasteiger partial charge in [-0.1, -0.05) is 23.7 Å². The normalized spacial score (nSPS) is 15.3. The highest BCUT2D eigenvalue weighted by Gasteiger charge is 2.28. The molecule has 2 aromatic carbocycles. The second kappa shape index (κ2) is 9.46. The van der Waals surface area contributed by atoms with Crippen molar-refractivity contribution in [2.45, 2.75) is 6.92 Å². The zero-order chi connectivity index (χ0) is 20.1. The molecule has 28 heavy (non-hydrogen) atoms. The van der Waals surface area contributed by atoms with Gasteiger partial charge in [0.25, 0.3) is 5.91 Å². The summed E-state index contributed by atoms with van der Waals surface area (Å²) in [7, 11) is 0. The molecule has 0 saturated heterocycles. The Hall–Kier alpha value is -2.01. The van der Waals surface area contributed by atoms with Crippen molar-refractivity contribution in [3.63, 3.8) is 0 Å². The number of benzene rings is 2. The summed E-state index contributed by atoms with van der Waals surface area (Å²) < 4.78 is 0. The van der Waals surface area contributed by atoms with Crippen molar-refractivity contribution in [1.82, 2.24) is 0 Å². The zero-order valence-electron chi connectivity index (χ0n) is 15.4. The third-order valence-electron chi connectivity index (χ3n) is 4.41. The summed E-state index contributed by atoms with van der Waals surface area (Å²) in [5.74, 6) is 0.913. The SMILES string of the molecule is CC1=NN(c2ccc(Cl)cc2)C(=O)C1=Cc1ccc(N(CCCl)CCCl)cc1. The molecule has 0 N–H and O–H groups in total. The molecule has 0 aliphatic carbocycles. The maximum Gasteiger partial charge on any atom is 0.280 e. The lowest BCUT2D eigenvalue weighted by molar-refractivity contribution is -0.114. The summed E-state index contributed by atoms with van der Waals surface area (Å²) in [5, 5.41) is 6.41. The number of rotatable bonds is 7. The van der Waals surface area contributed by atoms with Crippen LogP contribution in [0.25, 0.3) is 6.08 Å². The lowest BCUT2D eigenvalue weighted by atomic mass is 10.1. The van der Waals surface area contributed by atoms with Gasteiger partial charge >= 0.3 is 0 Å². The maximum absolute atomic E-state index is 12.8. The van der Waals surface area contributed by atoms with E-state index in [4.69, 9.17) is 34.8 Å². The summed E-state index contributed by atoms with van der Waals surface area (Å²) in [6, 6.07) is 15.0. The number of alkyl halides is 2. The monoisotopic (exact) mass is 435 g/mol. The minimum atomic E-state index is -0.158. The van der Waals surface area contributed by atoms with E-state index in [9.17, 15) is 4.79 Å². The Labute approximate surface area is 180 Å². The van der Waals surface area contributed by atoms with Gasteiger partial charge in [0.05, 0.1) is 17.0 Å². The van der Waals surface area contributed by atoms with E-state index in [-0.39, 0.29) is 5.91 Å². The van der Waals surface area contributed by atoms with Gasteiger partial charge in [0.2, 0.25) is 0 Å². The van der Waals surface area contributed by atoms with Gasteiger partial charge in [-0.05, 0) is 55.0 Å². The molecular formula is C21H20Cl3N3O. The molecule has 1 aliphatic rings. The fourth-order valence-electron chi connectivity index (χ4n) is 2.96. The Morgan fingerprint density at radius 2 is 1.61 bits per heavy atom. The van der Waals surface area contributed by atoms with Gasteiger partial charge in [0.1, 0.15) is 0 Å². The number of carbonyl (C=O) groups is 1. The van der Waals surface area contributed by atoms with Crippen molar-refractivity contribution in [2.75, 3.05) is 34.8 Å². The highest BCUT2D eigenvalue weighted by Crippen LogP contribution is 2.26. The van der Waals surface area contributed by atoms with Crippen LogP contribution in [0.3, 0.4) is 0 Å². The quantitative estimate of drug-likeness (QED) is 0.428. The summed E-state index contributed by atoms with van der Waals surface area (Å²) >= 11 is 17.7. The number of nitrogens with zero attached hydrogens (tertiary/aromatic N) is 3. The molecule has 3 rings (SSSR count). The third kappa shape index (κ3) is 4.69. The number of halogens is 3. The van der Waals surface area contributed by atoms with E-state index in [1.807, 2.05) is 37.3 Å². The van der Waals surface area contributed by atoms with E-state index < -0.39 is 0 Å². The molecule has 1 aliphatic heterocycles. The van der Waals surface area contributed by atoms with Gasteiger partial charge in [-0.15, -0.1) is 23.2 Å². The summed E-state index contributed by atoms with van der Waals surface area (Å²) in [6.45, 7) is 3.29. The molecule has 2 aromatic rings. The molecule has 4 nitrogen and oxygen atoms in total. The van der Waals surface area contributed by atoms with E-state index >= 15 is 0 Å². The number of hydrogen-bond acceptors (Lipinski definition) is 3. The van der Waals surface area contributed by atoms with Crippen LogP contribution in [0, 0.1) is 0 Å². The van der Waals surface area contributed by atoms with Gasteiger partial charge in [-0.25, -0.2) is 0 Å². The summed E-state index contributed by atoms with van der Waals surface area (Å²) in [6.07, 6.45) is 1.86.